The van der Waals surface area contributed by atoms with Gasteiger partial charge in [-0.3, -0.25) is 9.78 Å². The monoisotopic (exact) mass is 394 g/mol. The molecule has 0 aliphatic carbocycles. The highest BCUT2D eigenvalue weighted by Gasteiger charge is 2.14. The zero-order valence-corrected chi connectivity index (χ0v) is 15.0. The number of hydrogen-bond acceptors (Lipinski definition) is 7. The van der Waals surface area contributed by atoms with Crippen LogP contribution in [0.15, 0.2) is 59.7 Å². The number of nitrogens with one attached hydrogen (secondary N) is 1. The van der Waals surface area contributed by atoms with Crippen molar-refractivity contribution in [2.75, 3.05) is 7.11 Å². The zero-order valence-electron chi connectivity index (χ0n) is 15.0. The van der Waals surface area contributed by atoms with Gasteiger partial charge in [0.25, 0.3) is 5.56 Å². The number of H-pyrrole nitrogens is 1. The van der Waals surface area contributed by atoms with Crippen LogP contribution in [-0.2, 0) is 0 Å². The standard InChI is InChI=1S/C19H14N4O6/c1-27-15-8-14-13(7-16(15)28-11-5-3-2-4-6-11)17(24)22-18(21-14)23-10-12(9-20-23)29-19(25)26/h2-10H,1H3,(H,25,26)(H,21,22,24). The van der Waals surface area contributed by atoms with Crippen molar-refractivity contribution in [2.45, 2.75) is 0 Å². The molecular weight excluding hydrogens is 380 g/mol. The normalized spacial score (nSPS) is 10.7. The van der Waals surface area contributed by atoms with E-state index in [9.17, 15) is 9.59 Å². The fourth-order valence-electron chi connectivity index (χ4n) is 2.67. The molecule has 0 fully saturated rings. The Hall–Kier alpha value is -4.34. The van der Waals surface area contributed by atoms with E-state index < -0.39 is 11.7 Å². The number of carbonyl (C=O) groups is 1. The Balaban J connectivity index is 1.76. The first kappa shape index (κ1) is 18.0. The second-order valence-corrected chi connectivity index (χ2v) is 5.81. The second kappa shape index (κ2) is 7.35. The van der Waals surface area contributed by atoms with Crippen LogP contribution in [0.1, 0.15) is 0 Å². The number of nitrogens with zero attached hydrogens (tertiary/aromatic N) is 3. The third-order valence-corrected chi connectivity index (χ3v) is 3.93. The SMILES string of the molecule is COc1cc2nc(-n3cc(OC(=O)O)cn3)[nH]c(=O)c2cc1Oc1ccccc1. The van der Waals surface area contributed by atoms with Crippen LogP contribution in [0.3, 0.4) is 0 Å². The maximum Gasteiger partial charge on any atom is 0.511 e. The van der Waals surface area contributed by atoms with E-state index >= 15 is 0 Å². The minimum atomic E-state index is -1.47. The maximum absolute atomic E-state index is 12.6. The molecule has 0 unspecified atom stereocenters. The number of aromatic amines is 1. The highest BCUT2D eigenvalue weighted by Crippen LogP contribution is 2.34. The van der Waals surface area contributed by atoms with Crippen LogP contribution in [-0.4, -0.2) is 38.1 Å². The topological polar surface area (TPSA) is 129 Å². The molecule has 2 aromatic heterocycles. The van der Waals surface area contributed by atoms with Gasteiger partial charge in [-0.2, -0.15) is 5.10 Å². The molecule has 29 heavy (non-hydrogen) atoms. The molecule has 10 heteroatoms. The first-order chi connectivity index (χ1) is 14.0. The fraction of sp³-hybridized carbons (Fsp3) is 0.0526. The third-order valence-electron chi connectivity index (χ3n) is 3.93. The van der Waals surface area contributed by atoms with Gasteiger partial charge < -0.3 is 19.3 Å². The van der Waals surface area contributed by atoms with Gasteiger partial charge in [-0.15, -0.1) is 0 Å². The average Bonchev–Trinajstić information content (AvgIpc) is 3.16. The van der Waals surface area contributed by atoms with Gasteiger partial charge in [0, 0.05) is 6.07 Å². The Labute approximate surface area is 162 Å². The van der Waals surface area contributed by atoms with Crippen LogP contribution in [0, 0.1) is 0 Å². The molecule has 0 saturated heterocycles. The number of carboxylic acid groups (broad SMARTS) is 1. The molecule has 2 heterocycles. The average molecular weight is 394 g/mol. The first-order valence-corrected chi connectivity index (χ1v) is 8.34. The van der Waals surface area contributed by atoms with Gasteiger partial charge in [0.1, 0.15) is 5.75 Å². The Morgan fingerprint density at radius 2 is 1.93 bits per heavy atom. The van der Waals surface area contributed by atoms with Crippen LogP contribution >= 0.6 is 0 Å². The number of ether oxygens (including phenoxy) is 3. The molecule has 2 N–H and O–H groups in total. The summed E-state index contributed by atoms with van der Waals surface area (Å²) in [5.74, 6) is 1.42. The molecule has 0 aliphatic rings. The number of rotatable bonds is 5. The van der Waals surface area contributed by atoms with Crippen molar-refractivity contribution in [3.8, 4) is 28.9 Å². The van der Waals surface area contributed by atoms with Crippen LogP contribution in [0.5, 0.6) is 23.0 Å². The Morgan fingerprint density at radius 3 is 2.66 bits per heavy atom. The number of aromatic nitrogens is 4. The highest BCUT2D eigenvalue weighted by atomic mass is 16.7. The van der Waals surface area contributed by atoms with E-state index in [0.29, 0.717) is 22.8 Å². The molecule has 0 spiro atoms. The fourth-order valence-corrected chi connectivity index (χ4v) is 2.67. The minimum Gasteiger partial charge on any atom is -0.493 e. The largest absolute Gasteiger partial charge is 0.511 e. The van der Waals surface area contributed by atoms with Gasteiger partial charge in [0.15, 0.2) is 17.2 Å². The molecule has 0 saturated carbocycles. The van der Waals surface area contributed by atoms with Crippen LogP contribution < -0.4 is 19.8 Å². The predicted molar refractivity (Wildman–Crippen MR) is 101 cm³/mol. The van der Waals surface area contributed by atoms with E-state index in [1.54, 1.807) is 24.3 Å². The van der Waals surface area contributed by atoms with Crippen molar-refractivity contribution in [3.63, 3.8) is 0 Å². The van der Waals surface area contributed by atoms with Crippen molar-refractivity contribution in [1.29, 1.82) is 0 Å². The molecule has 10 nitrogen and oxygen atoms in total. The molecule has 0 atom stereocenters. The van der Waals surface area contributed by atoms with Gasteiger partial charge in [0.2, 0.25) is 5.95 Å². The van der Waals surface area contributed by atoms with E-state index in [2.05, 4.69) is 19.8 Å². The molecule has 0 radical (unpaired) electrons. The van der Waals surface area contributed by atoms with Crippen molar-refractivity contribution < 1.29 is 24.1 Å². The summed E-state index contributed by atoms with van der Waals surface area (Å²) in [4.78, 5) is 30.2. The van der Waals surface area contributed by atoms with E-state index in [1.165, 1.54) is 24.2 Å². The molecule has 4 aromatic rings. The maximum atomic E-state index is 12.6. The Kier molecular flexibility index (Phi) is 4.57. The molecule has 0 aliphatic heterocycles. The summed E-state index contributed by atoms with van der Waals surface area (Å²) in [6, 6.07) is 12.2. The summed E-state index contributed by atoms with van der Waals surface area (Å²) in [7, 11) is 1.48. The smallest absolute Gasteiger partial charge is 0.493 e. The van der Waals surface area contributed by atoms with Crippen molar-refractivity contribution in [1.82, 2.24) is 19.7 Å². The lowest BCUT2D eigenvalue weighted by Crippen LogP contribution is -2.14. The van der Waals surface area contributed by atoms with Crippen LogP contribution in [0.4, 0.5) is 4.79 Å². The number of methoxy groups -OCH3 is 1. The Morgan fingerprint density at radius 1 is 1.14 bits per heavy atom. The number of para-hydroxylation sites is 1. The number of fused-ring (bicyclic) bond motifs is 1. The minimum absolute atomic E-state index is 0.00978. The van der Waals surface area contributed by atoms with Gasteiger partial charge >= 0.3 is 6.16 Å². The molecule has 146 valence electrons. The summed E-state index contributed by atoms with van der Waals surface area (Å²) < 4.78 is 16.9. The summed E-state index contributed by atoms with van der Waals surface area (Å²) in [5.41, 5.74) is -0.0843. The molecule has 4 rings (SSSR count). The van der Waals surface area contributed by atoms with Crippen molar-refractivity contribution in [2.24, 2.45) is 0 Å². The number of benzene rings is 2. The van der Waals surface area contributed by atoms with Crippen LogP contribution in [0.25, 0.3) is 16.9 Å². The number of hydrogen-bond donors (Lipinski definition) is 2. The van der Waals surface area contributed by atoms with Gasteiger partial charge in [-0.25, -0.2) is 14.5 Å². The van der Waals surface area contributed by atoms with Crippen molar-refractivity contribution >= 4 is 17.1 Å². The lowest BCUT2D eigenvalue weighted by atomic mass is 10.2. The van der Waals surface area contributed by atoms with E-state index in [-0.39, 0.29) is 17.1 Å². The summed E-state index contributed by atoms with van der Waals surface area (Å²) in [5, 5.41) is 12.9. The second-order valence-electron chi connectivity index (χ2n) is 5.81. The van der Waals surface area contributed by atoms with E-state index in [1.807, 2.05) is 18.2 Å². The molecule has 0 bridgehead atoms. The summed E-state index contributed by atoms with van der Waals surface area (Å²) in [6.45, 7) is 0. The first-order valence-electron chi connectivity index (χ1n) is 8.34. The lowest BCUT2D eigenvalue weighted by Gasteiger charge is -2.11. The molecule has 2 aromatic carbocycles. The summed E-state index contributed by atoms with van der Waals surface area (Å²) in [6.07, 6.45) is 0.998. The predicted octanol–water partition coefficient (Wildman–Crippen LogP) is 2.97. The highest BCUT2D eigenvalue weighted by molar-refractivity contribution is 5.82. The third kappa shape index (κ3) is 3.72. The quantitative estimate of drug-likeness (QED) is 0.494. The van der Waals surface area contributed by atoms with E-state index in [0.717, 1.165) is 0 Å². The van der Waals surface area contributed by atoms with Gasteiger partial charge in [0.05, 0.1) is 30.4 Å². The van der Waals surface area contributed by atoms with Gasteiger partial charge in [-0.05, 0) is 18.2 Å². The molecular formula is C19H14N4O6. The zero-order chi connectivity index (χ0) is 20.4. The van der Waals surface area contributed by atoms with Crippen LogP contribution in [0.2, 0.25) is 0 Å². The lowest BCUT2D eigenvalue weighted by molar-refractivity contribution is 0.144. The Bertz CT molecular complexity index is 1250. The van der Waals surface area contributed by atoms with Crippen molar-refractivity contribution in [3.05, 3.63) is 65.2 Å². The molecule has 0 amide bonds. The summed E-state index contributed by atoms with van der Waals surface area (Å²) >= 11 is 0. The van der Waals surface area contributed by atoms with Gasteiger partial charge in [-0.1, -0.05) is 18.2 Å². The van der Waals surface area contributed by atoms with E-state index in [4.69, 9.17) is 14.6 Å².